The molecule has 0 spiro atoms. The molecule has 1 aromatic carbocycles. The van der Waals surface area contributed by atoms with Crippen molar-refractivity contribution in [1.82, 2.24) is 9.97 Å². The van der Waals surface area contributed by atoms with Gasteiger partial charge in [-0.25, -0.2) is 14.4 Å². The van der Waals surface area contributed by atoms with Crippen LogP contribution < -0.4 is 5.73 Å². The summed E-state index contributed by atoms with van der Waals surface area (Å²) in [6.45, 7) is 0. The van der Waals surface area contributed by atoms with Crippen LogP contribution in [0.15, 0.2) is 41.9 Å². The molecule has 134 valence electrons. The predicted octanol–water partition coefficient (Wildman–Crippen LogP) is 4.18. The van der Waals surface area contributed by atoms with Crippen molar-refractivity contribution in [2.75, 3.05) is 5.75 Å². The minimum absolute atomic E-state index is 0. The Labute approximate surface area is 162 Å². The highest BCUT2D eigenvalue weighted by Crippen LogP contribution is 2.51. The van der Waals surface area contributed by atoms with Gasteiger partial charge in [-0.05, 0) is 36.5 Å². The minimum atomic E-state index is -0.298. The molecule has 2 N–H and O–H groups in total. The quantitative estimate of drug-likeness (QED) is 0.820. The van der Waals surface area contributed by atoms with Crippen LogP contribution in [0.3, 0.4) is 0 Å². The van der Waals surface area contributed by atoms with Crippen molar-refractivity contribution < 1.29 is 4.39 Å². The number of aromatic nitrogens is 2. The molecule has 0 saturated heterocycles. The second-order valence-electron chi connectivity index (χ2n) is 6.10. The molecule has 8 heteroatoms. The van der Waals surface area contributed by atoms with Gasteiger partial charge in [0, 0.05) is 29.3 Å². The number of thioether (sulfide) groups is 1. The van der Waals surface area contributed by atoms with Gasteiger partial charge in [-0.3, -0.25) is 4.99 Å². The largest absolute Gasteiger partial charge is 0.379 e. The molecule has 2 aliphatic rings. The number of nitrogens with zero attached hydrogens (tertiary/aromatic N) is 3. The second kappa shape index (κ2) is 7.89. The van der Waals surface area contributed by atoms with Crippen molar-refractivity contribution in [3.63, 3.8) is 0 Å². The average molecular weight is 401 g/mol. The zero-order valence-electron chi connectivity index (χ0n) is 13.4. The van der Waals surface area contributed by atoms with Gasteiger partial charge in [0.1, 0.15) is 12.1 Å². The number of hydrogen-bond acceptors (Lipinski definition) is 5. The van der Waals surface area contributed by atoms with Crippen LogP contribution in [-0.4, -0.2) is 20.9 Å². The highest BCUT2D eigenvalue weighted by Gasteiger charge is 2.46. The lowest BCUT2D eigenvalue weighted by Crippen LogP contribution is -2.36. The van der Waals surface area contributed by atoms with E-state index < -0.39 is 0 Å². The Kier molecular flexibility index (Phi) is 6.30. The fourth-order valence-corrected chi connectivity index (χ4v) is 4.78. The number of aliphatic imine (C=N–C) groups is 1. The SMILES string of the molecule is Cl.Cl.NC1=N[C@@]2(c3ccc(F)c(-c4cncnc4)c3)CCCC2CS1. The Hall–Kier alpha value is -1.37. The first-order valence-electron chi connectivity index (χ1n) is 7.72. The molecule has 2 heterocycles. The molecule has 2 aromatic rings. The summed E-state index contributed by atoms with van der Waals surface area (Å²) >= 11 is 1.63. The summed E-state index contributed by atoms with van der Waals surface area (Å²) < 4.78 is 14.3. The number of rotatable bonds is 2. The zero-order valence-corrected chi connectivity index (χ0v) is 15.8. The summed E-state index contributed by atoms with van der Waals surface area (Å²) in [4.78, 5) is 12.8. The molecule has 4 rings (SSSR count). The Morgan fingerprint density at radius 3 is 2.72 bits per heavy atom. The van der Waals surface area contributed by atoms with Gasteiger partial charge in [-0.1, -0.05) is 24.2 Å². The topological polar surface area (TPSA) is 64.2 Å². The van der Waals surface area contributed by atoms with Gasteiger partial charge in [0.05, 0.1) is 5.54 Å². The molecular weight excluding hydrogens is 382 g/mol. The van der Waals surface area contributed by atoms with Gasteiger partial charge < -0.3 is 5.73 Å². The lowest BCUT2D eigenvalue weighted by Gasteiger charge is -2.36. The Morgan fingerprint density at radius 1 is 1.20 bits per heavy atom. The fourth-order valence-electron chi connectivity index (χ4n) is 3.74. The van der Waals surface area contributed by atoms with Crippen LogP contribution in [0, 0.1) is 11.7 Å². The number of nitrogens with two attached hydrogens (primary N) is 1. The van der Waals surface area contributed by atoms with Crippen LogP contribution in [0.1, 0.15) is 24.8 Å². The van der Waals surface area contributed by atoms with Crippen molar-refractivity contribution in [1.29, 1.82) is 0 Å². The molecule has 1 aliphatic carbocycles. The van der Waals surface area contributed by atoms with Crippen molar-refractivity contribution in [2.24, 2.45) is 16.6 Å². The third kappa shape index (κ3) is 3.48. The molecule has 1 aliphatic heterocycles. The Bertz CT molecular complexity index is 774. The third-order valence-corrected chi connectivity index (χ3v) is 5.82. The van der Waals surface area contributed by atoms with Crippen molar-refractivity contribution in [2.45, 2.75) is 24.8 Å². The summed E-state index contributed by atoms with van der Waals surface area (Å²) in [6.07, 6.45) is 7.95. The average Bonchev–Trinajstić information content (AvgIpc) is 3.00. The van der Waals surface area contributed by atoms with Gasteiger partial charge in [0.15, 0.2) is 5.17 Å². The monoisotopic (exact) mass is 400 g/mol. The molecular formula is C17H19Cl2FN4S. The van der Waals surface area contributed by atoms with Gasteiger partial charge in [0.2, 0.25) is 0 Å². The standard InChI is InChI=1S/C17H17FN4S.2ClH/c18-15-4-3-12(6-14(15)11-7-20-10-21-8-11)17-5-1-2-13(17)9-23-16(19)22-17;;/h3-4,6-8,10,13H,1-2,5,9H2,(H2,19,22);2*1H/t13?,17-;;/m1../s1. The van der Waals surface area contributed by atoms with Gasteiger partial charge >= 0.3 is 0 Å². The van der Waals surface area contributed by atoms with Crippen LogP contribution >= 0.6 is 36.6 Å². The maximum Gasteiger partial charge on any atom is 0.154 e. The number of amidine groups is 1. The predicted molar refractivity (Wildman–Crippen MR) is 105 cm³/mol. The van der Waals surface area contributed by atoms with E-state index in [0.29, 0.717) is 22.2 Å². The molecule has 1 aromatic heterocycles. The van der Waals surface area contributed by atoms with Crippen molar-refractivity contribution in [3.05, 3.63) is 48.3 Å². The van der Waals surface area contributed by atoms with E-state index in [1.165, 1.54) is 12.4 Å². The summed E-state index contributed by atoms with van der Waals surface area (Å²) in [5, 5.41) is 0.636. The smallest absolute Gasteiger partial charge is 0.154 e. The molecule has 4 nitrogen and oxygen atoms in total. The van der Waals surface area contributed by atoms with Crippen LogP contribution in [0.25, 0.3) is 11.1 Å². The van der Waals surface area contributed by atoms with E-state index >= 15 is 0 Å². The molecule has 0 bridgehead atoms. The molecule has 1 saturated carbocycles. The maximum atomic E-state index is 14.3. The lowest BCUT2D eigenvalue weighted by molar-refractivity contribution is 0.355. The van der Waals surface area contributed by atoms with E-state index in [1.807, 2.05) is 12.1 Å². The third-order valence-electron chi connectivity index (χ3n) is 4.87. The van der Waals surface area contributed by atoms with Gasteiger partial charge in [-0.15, -0.1) is 24.8 Å². The number of hydrogen-bond donors (Lipinski definition) is 1. The van der Waals surface area contributed by atoms with E-state index in [1.54, 1.807) is 24.2 Å². The van der Waals surface area contributed by atoms with Crippen LogP contribution in [0.5, 0.6) is 0 Å². The molecule has 0 amide bonds. The number of halogens is 3. The first kappa shape index (κ1) is 19.9. The number of fused-ring (bicyclic) bond motifs is 1. The maximum absolute atomic E-state index is 14.3. The summed E-state index contributed by atoms with van der Waals surface area (Å²) in [6, 6.07) is 5.28. The summed E-state index contributed by atoms with van der Waals surface area (Å²) in [7, 11) is 0. The molecule has 1 unspecified atom stereocenters. The first-order chi connectivity index (χ1) is 11.2. The van der Waals surface area contributed by atoms with Crippen LogP contribution in [0.2, 0.25) is 0 Å². The van der Waals surface area contributed by atoms with E-state index in [-0.39, 0.29) is 36.2 Å². The Balaban J connectivity index is 0.00000113. The van der Waals surface area contributed by atoms with Crippen LogP contribution in [0.4, 0.5) is 4.39 Å². The molecule has 0 radical (unpaired) electrons. The van der Waals surface area contributed by atoms with Crippen LogP contribution in [-0.2, 0) is 5.54 Å². The van der Waals surface area contributed by atoms with E-state index in [2.05, 4.69) is 9.97 Å². The van der Waals surface area contributed by atoms with E-state index in [4.69, 9.17) is 10.7 Å². The first-order valence-corrected chi connectivity index (χ1v) is 8.71. The number of benzene rings is 1. The van der Waals surface area contributed by atoms with Gasteiger partial charge in [0.25, 0.3) is 0 Å². The minimum Gasteiger partial charge on any atom is -0.379 e. The normalized spacial score (nSPS) is 24.5. The highest BCUT2D eigenvalue weighted by atomic mass is 35.5. The lowest BCUT2D eigenvalue weighted by atomic mass is 9.80. The highest BCUT2D eigenvalue weighted by molar-refractivity contribution is 8.13. The second-order valence-corrected chi connectivity index (χ2v) is 7.14. The fraction of sp³-hybridized carbons (Fsp3) is 0.353. The van der Waals surface area contributed by atoms with Crippen molar-refractivity contribution in [3.8, 4) is 11.1 Å². The molecule has 2 atom stereocenters. The molecule has 1 fully saturated rings. The summed E-state index contributed by atoms with van der Waals surface area (Å²) in [5.41, 5.74) is 7.96. The Morgan fingerprint density at radius 2 is 1.96 bits per heavy atom. The zero-order chi connectivity index (χ0) is 15.9. The van der Waals surface area contributed by atoms with E-state index in [9.17, 15) is 4.39 Å². The van der Waals surface area contributed by atoms with Gasteiger partial charge in [-0.2, -0.15) is 0 Å². The summed E-state index contributed by atoms with van der Waals surface area (Å²) in [5.74, 6) is 1.18. The van der Waals surface area contributed by atoms with E-state index in [0.717, 1.165) is 30.6 Å². The van der Waals surface area contributed by atoms with Crippen molar-refractivity contribution >= 4 is 41.7 Å². The molecule has 25 heavy (non-hydrogen) atoms.